The highest BCUT2D eigenvalue weighted by Crippen LogP contribution is 2.39. The van der Waals surface area contributed by atoms with Gasteiger partial charge in [0.15, 0.2) is 5.03 Å². The van der Waals surface area contributed by atoms with E-state index in [1.165, 1.54) is 12.1 Å². The molecular weight excluding hydrogens is 467 g/mol. The Morgan fingerprint density at radius 1 is 1.03 bits per heavy atom. The predicted octanol–water partition coefficient (Wildman–Crippen LogP) is 3.82. The molecule has 3 aromatic rings. The summed E-state index contributed by atoms with van der Waals surface area (Å²) >= 11 is 0. The van der Waals surface area contributed by atoms with Gasteiger partial charge in [-0.05, 0) is 43.2 Å². The number of nitrogens with zero attached hydrogens (tertiary/aromatic N) is 3. The third-order valence-electron chi connectivity index (χ3n) is 6.38. The summed E-state index contributed by atoms with van der Waals surface area (Å²) in [5, 5.41) is 3.01. The van der Waals surface area contributed by atoms with E-state index < -0.39 is 21.8 Å². The third-order valence-corrected chi connectivity index (χ3v) is 7.64. The topological polar surface area (TPSA) is 87.2 Å². The summed E-state index contributed by atoms with van der Waals surface area (Å²) < 4.78 is 69.4. The minimum Gasteiger partial charge on any atom is -0.348 e. The largest absolute Gasteiger partial charge is 0.418 e. The highest BCUT2D eigenvalue weighted by atomic mass is 32.2. The molecule has 0 amide bonds. The molecule has 2 saturated heterocycles. The maximum atomic E-state index is 13.7. The fraction of sp³-hybridized carbons (Fsp3) is 0.304. The molecule has 0 aliphatic carbocycles. The van der Waals surface area contributed by atoms with Gasteiger partial charge in [-0.1, -0.05) is 30.3 Å². The molecule has 4 heterocycles. The van der Waals surface area contributed by atoms with Crippen molar-refractivity contribution in [3.05, 3.63) is 65.7 Å². The number of sulfonamides is 1. The molecule has 0 bridgehead atoms. The van der Waals surface area contributed by atoms with Crippen LogP contribution in [-0.4, -0.2) is 43.6 Å². The van der Waals surface area contributed by atoms with E-state index in [2.05, 4.69) is 24.9 Å². The monoisotopic (exact) mass is 489 g/mol. The van der Waals surface area contributed by atoms with Crippen molar-refractivity contribution in [3.63, 3.8) is 0 Å². The highest BCUT2D eigenvalue weighted by Gasteiger charge is 2.50. The first-order valence-corrected chi connectivity index (χ1v) is 12.2. The number of hydrogen-bond donors (Lipinski definition) is 2. The Morgan fingerprint density at radius 3 is 2.41 bits per heavy atom. The van der Waals surface area contributed by atoms with Gasteiger partial charge in [0.05, 0.1) is 16.8 Å². The number of alkyl halides is 3. The standard InChI is InChI=1S/C23H22F3N5O2S/c1-15-5-2-3-6-16(15)21-17(23(24,25)26)9-10-18(28-21)30-34(32,33)20-8-4-7-19(29-20)31-12-11-22(31)13-27-14-22/h2-10,27H,11-14H2,1H3,(H,28,30). The number of halogens is 3. The minimum atomic E-state index is -4.65. The van der Waals surface area contributed by atoms with E-state index in [0.717, 1.165) is 38.2 Å². The van der Waals surface area contributed by atoms with Crippen molar-refractivity contribution in [1.82, 2.24) is 15.3 Å². The van der Waals surface area contributed by atoms with Gasteiger partial charge in [0.25, 0.3) is 10.0 Å². The van der Waals surface area contributed by atoms with E-state index in [1.807, 2.05) is 0 Å². The van der Waals surface area contributed by atoms with Gasteiger partial charge >= 0.3 is 6.18 Å². The molecule has 0 saturated carbocycles. The van der Waals surface area contributed by atoms with Gasteiger partial charge in [-0.3, -0.25) is 4.72 Å². The van der Waals surface area contributed by atoms with Crippen LogP contribution in [0.2, 0.25) is 0 Å². The van der Waals surface area contributed by atoms with Crippen molar-refractivity contribution in [2.24, 2.45) is 0 Å². The molecule has 1 aromatic carbocycles. The number of aromatic nitrogens is 2. The van der Waals surface area contributed by atoms with Gasteiger partial charge in [-0.15, -0.1) is 0 Å². The summed E-state index contributed by atoms with van der Waals surface area (Å²) in [6.07, 6.45) is -3.64. The van der Waals surface area contributed by atoms with E-state index in [0.29, 0.717) is 11.4 Å². The van der Waals surface area contributed by atoms with Crippen molar-refractivity contribution < 1.29 is 21.6 Å². The van der Waals surface area contributed by atoms with Gasteiger partial charge in [-0.2, -0.15) is 21.6 Å². The van der Waals surface area contributed by atoms with E-state index >= 15 is 0 Å². The first-order valence-electron chi connectivity index (χ1n) is 10.7. The zero-order chi connectivity index (χ0) is 24.1. The van der Waals surface area contributed by atoms with Crippen LogP contribution in [0.3, 0.4) is 0 Å². The normalized spacial score (nSPS) is 17.2. The Bertz CT molecular complexity index is 1350. The van der Waals surface area contributed by atoms with Gasteiger partial charge in [-0.25, -0.2) is 9.97 Å². The lowest BCUT2D eigenvalue weighted by Gasteiger charge is -2.59. The second-order valence-corrected chi connectivity index (χ2v) is 10.2. The maximum Gasteiger partial charge on any atom is 0.418 e. The lowest BCUT2D eigenvalue weighted by molar-refractivity contribution is -0.137. The second-order valence-electron chi connectivity index (χ2n) is 8.57. The SMILES string of the molecule is Cc1ccccc1-c1nc(NS(=O)(=O)c2cccc(N3CCC34CNC4)n2)ccc1C(F)(F)F. The molecule has 34 heavy (non-hydrogen) atoms. The maximum absolute atomic E-state index is 13.7. The quantitative estimate of drug-likeness (QED) is 0.567. The molecule has 2 aliphatic heterocycles. The summed E-state index contributed by atoms with van der Waals surface area (Å²) in [5.74, 6) is 0.332. The average Bonchev–Trinajstić information content (AvgIpc) is 2.71. The average molecular weight is 490 g/mol. The Hall–Kier alpha value is -3.18. The van der Waals surface area contributed by atoms with Crippen LogP contribution in [0.1, 0.15) is 17.5 Å². The molecule has 2 aromatic heterocycles. The van der Waals surface area contributed by atoms with Crippen molar-refractivity contribution in [3.8, 4) is 11.3 Å². The van der Waals surface area contributed by atoms with Crippen LogP contribution in [0.4, 0.5) is 24.8 Å². The fourth-order valence-electron chi connectivity index (χ4n) is 4.36. The number of rotatable bonds is 5. The van der Waals surface area contributed by atoms with E-state index in [9.17, 15) is 21.6 Å². The Labute approximate surface area is 195 Å². The van der Waals surface area contributed by atoms with Crippen LogP contribution in [0, 0.1) is 6.92 Å². The summed E-state index contributed by atoms with van der Waals surface area (Å²) in [6, 6.07) is 13.1. The van der Waals surface area contributed by atoms with Crippen LogP contribution in [0.5, 0.6) is 0 Å². The molecule has 0 unspecified atom stereocenters. The number of benzene rings is 1. The van der Waals surface area contributed by atoms with Crippen molar-refractivity contribution in [2.45, 2.75) is 30.1 Å². The molecule has 178 valence electrons. The zero-order valence-corrected chi connectivity index (χ0v) is 19.0. The van der Waals surface area contributed by atoms with Crippen LogP contribution >= 0.6 is 0 Å². The lowest BCUT2D eigenvalue weighted by Crippen LogP contribution is -2.76. The summed E-state index contributed by atoms with van der Waals surface area (Å²) in [6.45, 7) is 4.09. The molecule has 11 heteroatoms. The summed E-state index contributed by atoms with van der Waals surface area (Å²) in [4.78, 5) is 10.5. The predicted molar refractivity (Wildman–Crippen MR) is 122 cm³/mol. The van der Waals surface area contributed by atoms with Gasteiger partial charge in [0, 0.05) is 25.2 Å². The first-order chi connectivity index (χ1) is 16.1. The smallest absolute Gasteiger partial charge is 0.348 e. The number of anilines is 2. The van der Waals surface area contributed by atoms with Crippen LogP contribution in [-0.2, 0) is 16.2 Å². The molecule has 2 N–H and O–H groups in total. The van der Waals surface area contributed by atoms with E-state index in [4.69, 9.17) is 0 Å². The van der Waals surface area contributed by atoms with Crippen LogP contribution in [0.15, 0.2) is 59.6 Å². The van der Waals surface area contributed by atoms with Crippen molar-refractivity contribution in [1.29, 1.82) is 0 Å². The van der Waals surface area contributed by atoms with Gasteiger partial charge in [0.1, 0.15) is 11.6 Å². The highest BCUT2D eigenvalue weighted by molar-refractivity contribution is 7.92. The molecule has 2 aliphatic rings. The van der Waals surface area contributed by atoms with Crippen molar-refractivity contribution in [2.75, 3.05) is 29.3 Å². The molecular formula is C23H22F3N5O2S. The van der Waals surface area contributed by atoms with Crippen LogP contribution < -0.4 is 14.9 Å². The Morgan fingerprint density at radius 2 is 1.79 bits per heavy atom. The van der Waals surface area contributed by atoms with E-state index in [1.54, 1.807) is 37.3 Å². The second kappa shape index (κ2) is 7.95. The lowest BCUT2D eigenvalue weighted by atomic mass is 9.79. The number of hydrogen-bond acceptors (Lipinski definition) is 6. The van der Waals surface area contributed by atoms with Gasteiger partial charge < -0.3 is 10.2 Å². The molecule has 0 atom stereocenters. The molecule has 0 radical (unpaired) electrons. The first kappa shape index (κ1) is 22.6. The zero-order valence-electron chi connectivity index (χ0n) is 18.2. The van der Waals surface area contributed by atoms with Gasteiger partial charge in [0.2, 0.25) is 0 Å². The Kier molecular flexibility index (Phi) is 5.28. The molecule has 2 fully saturated rings. The molecule has 7 nitrogen and oxygen atoms in total. The van der Waals surface area contributed by atoms with E-state index in [-0.39, 0.29) is 27.6 Å². The molecule has 5 rings (SSSR count). The third kappa shape index (κ3) is 3.88. The Balaban J connectivity index is 1.48. The van der Waals surface area contributed by atoms with Crippen LogP contribution in [0.25, 0.3) is 11.3 Å². The summed E-state index contributed by atoms with van der Waals surface area (Å²) in [7, 11) is -4.18. The fourth-order valence-corrected chi connectivity index (χ4v) is 5.33. The minimum absolute atomic E-state index is 0.0137. The summed E-state index contributed by atoms with van der Waals surface area (Å²) in [5.41, 5.74) is -0.438. The molecule has 1 spiro atoms. The van der Waals surface area contributed by atoms with Crippen molar-refractivity contribution >= 4 is 21.7 Å². The number of pyridine rings is 2. The number of nitrogens with one attached hydrogen (secondary N) is 2. The number of aryl methyl sites for hydroxylation is 1.